The van der Waals surface area contributed by atoms with Crippen LogP contribution in [0.15, 0.2) is 60.3 Å². The molecule has 3 aliphatic rings. The quantitative estimate of drug-likeness (QED) is 0.0611. The Morgan fingerprint density at radius 3 is 2.48 bits per heavy atom. The van der Waals surface area contributed by atoms with Crippen molar-refractivity contribution in [2.24, 2.45) is 0 Å². The van der Waals surface area contributed by atoms with Gasteiger partial charge < -0.3 is 37.2 Å². The number of alkyl halides is 1. The number of H-pyrrole nitrogens is 1. The first-order valence-corrected chi connectivity index (χ1v) is 27.8. The predicted octanol–water partition coefficient (Wildman–Crippen LogP) is 5.10. The van der Waals surface area contributed by atoms with Gasteiger partial charge in [0, 0.05) is 5.56 Å². The fourth-order valence-electron chi connectivity index (χ4n) is 7.15. The second kappa shape index (κ2) is 18.0. The zero-order valence-electron chi connectivity index (χ0n) is 34.5. The number of nitrogens with zero attached hydrogens (tertiary/aromatic N) is 8. The van der Waals surface area contributed by atoms with Crippen molar-refractivity contribution in [3.63, 3.8) is 0 Å². The van der Waals surface area contributed by atoms with Gasteiger partial charge in [0.15, 0.2) is 43.9 Å². The smallest absolute Gasteiger partial charge is 0.328 e. The summed E-state index contributed by atoms with van der Waals surface area (Å²) in [5.74, 6) is -0.205. The molecule has 3 fully saturated rings. The number of carbonyl (C=O) groups excluding carboxylic acids is 1. The molecule has 0 radical (unpaired) electrons. The van der Waals surface area contributed by atoms with Gasteiger partial charge in [0.25, 0.3) is 5.56 Å². The third-order valence-electron chi connectivity index (χ3n) is 11.4. The first-order valence-electron chi connectivity index (χ1n) is 19.7. The van der Waals surface area contributed by atoms with Gasteiger partial charge >= 0.3 is 13.4 Å². The minimum absolute atomic E-state index is 0.0698. The van der Waals surface area contributed by atoms with Crippen LogP contribution < -0.4 is 5.56 Å². The van der Waals surface area contributed by atoms with Crippen molar-refractivity contribution in [2.45, 2.75) is 94.5 Å². The number of benzene rings is 1. The molecule has 3 saturated heterocycles. The lowest BCUT2D eigenvalue weighted by molar-refractivity contribution is -0.0614. The van der Waals surface area contributed by atoms with E-state index in [4.69, 9.17) is 66.7 Å². The Labute approximate surface area is 371 Å². The highest BCUT2D eigenvalue weighted by Gasteiger charge is 2.56. The van der Waals surface area contributed by atoms with Crippen LogP contribution in [-0.2, 0) is 66.6 Å². The molecule has 63 heavy (non-hydrogen) atoms. The monoisotopic (exact) mass is 963 g/mol. The largest absolute Gasteiger partial charge is 0.408 e. The summed E-state index contributed by atoms with van der Waals surface area (Å²) >= 11 is 11.6. The van der Waals surface area contributed by atoms with E-state index in [1.54, 1.807) is 30.3 Å². The first kappa shape index (κ1) is 45.9. The lowest BCUT2D eigenvalue weighted by Gasteiger charge is -2.41. The van der Waals surface area contributed by atoms with Crippen molar-refractivity contribution in [3.05, 3.63) is 88.5 Å². The molecule has 0 saturated carbocycles. The van der Waals surface area contributed by atoms with Gasteiger partial charge in [-0.05, 0) is 41.7 Å². The fourth-order valence-corrected chi connectivity index (χ4v) is 12.0. The van der Waals surface area contributed by atoms with Gasteiger partial charge in [-0.3, -0.25) is 27.8 Å². The number of imidazole rings is 2. The Morgan fingerprint density at radius 1 is 1.02 bits per heavy atom. The number of aromatic amines is 1. The van der Waals surface area contributed by atoms with Crippen LogP contribution >= 0.6 is 13.4 Å². The number of rotatable bonds is 10. The molecule has 0 spiro atoms. The zero-order valence-corrected chi connectivity index (χ0v) is 39.0. The van der Waals surface area contributed by atoms with Crippen LogP contribution in [0.25, 0.3) is 27.0 Å². The Kier molecular flexibility index (Phi) is 13.1. The summed E-state index contributed by atoms with van der Waals surface area (Å²) in [6, 6.07) is 8.69. The molecule has 2 unspecified atom stereocenters. The van der Waals surface area contributed by atoms with E-state index in [-0.39, 0.29) is 47.1 Å². The Hall–Kier alpha value is -3.63. The van der Waals surface area contributed by atoms with Gasteiger partial charge in [-0.2, -0.15) is 5.10 Å². The molecule has 8 rings (SSSR count). The van der Waals surface area contributed by atoms with Gasteiger partial charge in [-0.15, -0.1) is 0 Å². The third-order valence-corrected chi connectivity index (χ3v) is 19.7. The second-order valence-corrected chi connectivity index (χ2v) is 27.0. The number of fused-ring (bicyclic) bond motifs is 5. The van der Waals surface area contributed by atoms with Crippen molar-refractivity contribution < 1.29 is 50.6 Å². The normalized spacial score (nSPS) is 30.6. The van der Waals surface area contributed by atoms with E-state index in [1.165, 1.54) is 34.3 Å². The van der Waals surface area contributed by atoms with Crippen molar-refractivity contribution in [1.82, 2.24) is 39.3 Å². The summed E-state index contributed by atoms with van der Waals surface area (Å²) in [4.78, 5) is 58.2. The van der Waals surface area contributed by atoms with E-state index in [0.29, 0.717) is 16.8 Å². The summed E-state index contributed by atoms with van der Waals surface area (Å²) < 4.78 is 70.8. The van der Waals surface area contributed by atoms with Gasteiger partial charge in [-0.1, -0.05) is 51.1 Å². The highest BCUT2D eigenvalue weighted by Crippen LogP contribution is 2.58. The number of ether oxygens (including phenoxy) is 2. The van der Waals surface area contributed by atoms with Crippen molar-refractivity contribution >= 4 is 73.3 Å². The number of aromatic nitrogens is 8. The number of carbonyl (C=O) groups is 1. The highest BCUT2D eigenvalue weighted by molar-refractivity contribution is 8.07. The number of hydrogen-bond acceptors (Lipinski definition) is 17. The number of nitrogens with one attached hydrogen (secondary N) is 1. The van der Waals surface area contributed by atoms with E-state index in [0.717, 1.165) is 0 Å². The van der Waals surface area contributed by atoms with Crippen LogP contribution in [0.5, 0.6) is 0 Å². The lowest BCUT2D eigenvalue weighted by Crippen LogP contribution is -2.50. The lowest BCUT2D eigenvalue weighted by atomic mass is 10.1. The van der Waals surface area contributed by atoms with Crippen molar-refractivity contribution in [1.29, 1.82) is 0 Å². The number of halogens is 1. The number of hydrogen-bond donors (Lipinski definition) is 2. The molecular formula is C37H44FN9O11P2S2Si. The molecule has 5 aromatic rings. The van der Waals surface area contributed by atoms with Crippen LogP contribution in [0.4, 0.5) is 4.39 Å². The Bertz CT molecular complexity index is 2700. The SMILES string of the molecule is [C-]#[N+]CCOP1(=S)OC[C@H]2O[C@@H](n3cnc4c(CC(=O)c5ccccc5)ncnc43)[C@H](F)[C@@H]2OP(O)(=S)OC[C@H]2O[C@@H](n3cnc4c(=O)[nH]ncc43)[C@H](O1)[C@@H]2O[Si](C)(C)C(C)(C)C. The predicted molar refractivity (Wildman–Crippen MR) is 233 cm³/mol. The molecule has 7 heterocycles. The molecular weight excluding hydrogens is 920 g/mol. The van der Waals surface area contributed by atoms with E-state index in [9.17, 15) is 14.5 Å². The summed E-state index contributed by atoms with van der Waals surface area (Å²) in [6.07, 6.45) is -5.54. The van der Waals surface area contributed by atoms with E-state index < -0.39 is 89.7 Å². The van der Waals surface area contributed by atoms with Crippen molar-refractivity contribution in [3.8, 4) is 0 Å². The average molecular weight is 964 g/mol. The summed E-state index contributed by atoms with van der Waals surface area (Å²) in [5.41, 5.74) is 1.02. The molecule has 0 amide bonds. The van der Waals surface area contributed by atoms with Crippen molar-refractivity contribution in [2.75, 3.05) is 26.4 Å². The minimum atomic E-state index is -4.34. The molecule has 4 aromatic heterocycles. The maximum atomic E-state index is 17.0. The zero-order chi connectivity index (χ0) is 44.9. The molecule has 10 atom stereocenters. The molecule has 2 N–H and O–H groups in total. The fraction of sp³-hybridized carbons (Fsp3) is 0.514. The molecule has 2 bridgehead atoms. The van der Waals surface area contributed by atoms with Gasteiger partial charge in [0.1, 0.15) is 49.0 Å². The number of Topliss-reactive ketones (excluding diaryl/α,β-unsaturated/α-hetero) is 1. The summed E-state index contributed by atoms with van der Waals surface area (Å²) in [7, 11) is -2.70. The maximum absolute atomic E-state index is 17.0. The molecule has 336 valence electrons. The van der Waals surface area contributed by atoms with Gasteiger partial charge in [0.2, 0.25) is 6.54 Å². The molecule has 1 aromatic carbocycles. The van der Waals surface area contributed by atoms with Crippen LogP contribution in [-0.4, -0.2) is 121 Å². The van der Waals surface area contributed by atoms with E-state index in [2.05, 4.69) is 35.0 Å². The molecule has 3 aliphatic heterocycles. The topological polar surface area (TPSA) is 223 Å². The molecule has 26 heteroatoms. The molecule has 20 nitrogen and oxygen atoms in total. The van der Waals surface area contributed by atoms with Gasteiger partial charge in [-0.25, -0.2) is 36.0 Å². The standard InChI is InChI=1S/C37H44FN9O11P2S2Si/c1-37(2,3)63(5,6)58-31-26-16-52-59(50,61)56-30-25(54-35(27(30)38)47-20-42-28-22(40-18-41-33(28)47)14-24(48)21-10-8-7-9-11-21)17-53-60(62,51-13-12-39-4)57-32(31)36(55-26)46-19-43-29-23(46)15-44-45-34(29)49/h7-11,15,18-20,25-27,30-32,35-36H,12-14,16-17H2,1-3,5-6H3,(H,45,49)(H,50,61)/t25-,26-,27-,30-,31-,32-,35-,36-,59?,60?/m1/s1. The van der Waals surface area contributed by atoms with E-state index in [1.807, 2.05) is 33.9 Å². The Balaban J connectivity index is 1.15. The van der Waals surface area contributed by atoms with Gasteiger partial charge in [0.05, 0.1) is 49.7 Å². The second-order valence-electron chi connectivity index (χ2n) is 16.5. The minimum Gasteiger partial charge on any atom is -0.408 e. The third kappa shape index (κ3) is 9.41. The van der Waals surface area contributed by atoms with Crippen LogP contribution in [0.1, 0.15) is 49.3 Å². The van der Waals surface area contributed by atoms with Crippen LogP contribution in [0.3, 0.4) is 0 Å². The molecule has 0 aliphatic carbocycles. The van der Waals surface area contributed by atoms with Crippen LogP contribution in [0.2, 0.25) is 18.1 Å². The first-order chi connectivity index (χ1) is 29.9. The highest BCUT2D eigenvalue weighted by atomic mass is 32.5. The summed E-state index contributed by atoms with van der Waals surface area (Å²) in [5, 5.41) is 5.99. The summed E-state index contributed by atoms with van der Waals surface area (Å²) in [6.45, 7) is 8.00. The Morgan fingerprint density at radius 2 is 1.73 bits per heavy atom. The maximum Gasteiger partial charge on any atom is 0.328 e. The van der Waals surface area contributed by atoms with Crippen LogP contribution in [0, 0.1) is 6.57 Å². The average Bonchev–Trinajstić information content (AvgIpc) is 4.01. The number of ketones is 1. The van der Waals surface area contributed by atoms with E-state index >= 15 is 4.39 Å².